The number of aromatic nitrogens is 4. The van der Waals surface area contributed by atoms with Crippen molar-refractivity contribution in [1.82, 2.24) is 24.7 Å². The molecule has 0 atom stereocenters. The Balaban J connectivity index is 1.59. The Morgan fingerprint density at radius 1 is 1.04 bits per heavy atom. The summed E-state index contributed by atoms with van der Waals surface area (Å²) in [5.41, 5.74) is 3.18. The molecule has 6 nitrogen and oxygen atoms in total. The molecule has 0 N–H and O–H groups in total. The number of hydrogen-bond acceptors (Lipinski definition) is 5. The predicted molar refractivity (Wildman–Crippen MR) is 95.5 cm³/mol. The van der Waals surface area contributed by atoms with Crippen LogP contribution in [0.5, 0.6) is 0 Å². The van der Waals surface area contributed by atoms with Crippen LogP contribution in [0.2, 0.25) is 0 Å². The van der Waals surface area contributed by atoms with Crippen LogP contribution in [0, 0.1) is 0 Å². The number of fused-ring (bicyclic) bond motifs is 1. The Labute approximate surface area is 143 Å². The average molecular weight is 328 g/mol. The first-order valence-electron chi connectivity index (χ1n) is 9.42. The van der Waals surface area contributed by atoms with Crippen molar-refractivity contribution in [2.24, 2.45) is 0 Å². The van der Waals surface area contributed by atoms with Crippen LogP contribution in [-0.4, -0.2) is 56.9 Å². The van der Waals surface area contributed by atoms with Gasteiger partial charge in [0.2, 0.25) is 5.65 Å². The Morgan fingerprint density at radius 2 is 1.88 bits per heavy atom. The van der Waals surface area contributed by atoms with Crippen LogP contribution in [0.3, 0.4) is 0 Å². The maximum atomic E-state index is 4.65. The van der Waals surface area contributed by atoms with Gasteiger partial charge in [0.25, 0.3) is 0 Å². The third-order valence-corrected chi connectivity index (χ3v) is 5.57. The van der Waals surface area contributed by atoms with Gasteiger partial charge in [0.1, 0.15) is 6.33 Å². The molecule has 2 aromatic heterocycles. The van der Waals surface area contributed by atoms with E-state index >= 15 is 0 Å². The zero-order valence-corrected chi connectivity index (χ0v) is 14.9. The third-order valence-electron chi connectivity index (χ3n) is 5.57. The second-order valence-corrected chi connectivity index (χ2v) is 7.52. The number of hydrogen-bond donors (Lipinski definition) is 0. The van der Waals surface area contributed by atoms with Crippen LogP contribution in [0.4, 0.5) is 5.69 Å². The van der Waals surface area contributed by atoms with Crippen molar-refractivity contribution in [3.63, 3.8) is 0 Å². The van der Waals surface area contributed by atoms with Crippen molar-refractivity contribution in [3.05, 3.63) is 18.1 Å². The number of rotatable bonds is 3. The van der Waals surface area contributed by atoms with E-state index in [0.717, 1.165) is 37.0 Å². The fourth-order valence-electron chi connectivity index (χ4n) is 4.16. The molecule has 0 bridgehead atoms. The summed E-state index contributed by atoms with van der Waals surface area (Å²) >= 11 is 0. The van der Waals surface area contributed by atoms with Crippen molar-refractivity contribution in [2.75, 3.05) is 31.1 Å². The average Bonchev–Trinajstić information content (AvgIpc) is 3.21. The summed E-state index contributed by atoms with van der Waals surface area (Å²) in [6.07, 6.45) is 8.53. The topological polar surface area (TPSA) is 49.6 Å². The highest BCUT2D eigenvalue weighted by atomic mass is 15.4. The molecule has 1 saturated carbocycles. The lowest BCUT2D eigenvalue weighted by Gasteiger charge is -2.28. The molecule has 6 heteroatoms. The van der Waals surface area contributed by atoms with Crippen LogP contribution in [0.1, 0.15) is 57.6 Å². The van der Waals surface area contributed by atoms with Crippen molar-refractivity contribution >= 4 is 11.3 Å². The normalized spacial score (nSPS) is 21.0. The van der Waals surface area contributed by atoms with Crippen molar-refractivity contribution in [1.29, 1.82) is 0 Å². The molecular formula is C18H28N6. The minimum Gasteiger partial charge on any atom is -0.367 e. The second-order valence-electron chi connectivity index (χ2n) is 7.52. The van der Waals surface area contributed by atoms with Crippen molar-refractivity contribution < 1.29 is 0 Å². The molecule has 1 aliphatic carbocycles. The predicted octanol–water partition coefficient (Wildman–Crippen LogP) is 2.70. The van der Waals surface area contributed by atoms with E-state index in [1.165, 1.54) is 44.3 Å². The smallest absolute Gasteiger partial charge is 0.200 e. The maximum absolute atomic E-state index is 4.65. The summed E-state index contributed by atoms with van der Waals surface area (Å²) in [7, 11) is 0. The van der Waals surface area contributed by atoms with E-state index < -0.39 is 0 Å². The zero-order valence-electron chi connectivity index (χ0n) is 14.9. The Morgan fingerprint density at radius 3 is 2.67 bits per heavy atom. The van der Waals surface area contributed by atoms with Gasteiger partial charge in [0.15, 0.2) is 0 Å². The molecule has 3 heterocycles. The summed E-state index contributed by atoms with van der Waals surface area (Å²) in [5.74, 6) is 0.400. The first-order chi connectivity index (χ1) is 11.7. The number of nitrogens with zero attached hydrogens (tertiary/aromatic N) is 6. The summed E-state index contributed by atoms with van der Waals surface area (Å²) in [6.45, 7) is 8.92. The van der Waals surface area contributed by atoms with Gasteiger partial charge in [-0.25, -0.2) is 0 Å². The minimum atomic E-state index is 0.400. The fourth-order valence-corrected chi connectivity index (χ4v) is 4.16. The minimum absolute atomic E-state index is 0.400. The molecule has 24 heavy (non-hydrogen) atoms. The van der Waals surface area contributed by atoms with Gasteiger partial charge in [-0.05, 0) is 31.2 Å². The molecule has 0 unspecified atom stereocenters. The molecule has 4 rings (SSSR count). The first kappa shape index (κ1) is 15.8. The Bertz CT molecular complexity index is 688. The zero-order chi connectivity index (χ0) is 16.5. The molecule has 2 aromatic rings. The highest BCUT2D eigenvalue weighted by Gasteiger charge is 2.26. The van der Waals surface area contributed by atoms with Gasteiger partial charge >= 0.3 is 0 Å². The Kier molecular flexibility index (Phi) is 4.39. The van der Waals surface area contributed by atoms with E-state index in [2.05, 4.69) is 45.0 Å². The highest BCUT2D eigenvalue weighted by Crippen LogP contribution is 2.27. The summed E-state index contributed by atoms with van der Waals surface area (Å²) in [4.78, 5) is 5.21. The van der Waals surface area contributed by atoms with Gasteiger partial charge in [0.05, 0.1) is 11.4 Å². The molecule has 0 radical (unpaired) electrons. The SMILES string of the molecule is CC(C)c1cc(N2CCCN(C3CCCC3)CC2)c2nncn2n1. The van der Waals surface area contributed by atoms with Gasteiger partial charge in [-0.15, -0.1) is 10.2 Å². The molecule has 2 aliphatic rings. The van der Waals surface area contributed by atoms with E-state index in [1.807, 2.05) is 4.52 Å². The molecule has 2 fully saturated rings. The third kappa shape index (κ3) is 2.99. The van der Waals surface area contributed by atoms with Gasteiger partial charge in [-0.3, -0.25) is 4.90 Å². The van der Waals surface area contributed by atoms with Gasteiger partial charge in [-0.1, -0.05) is 26.7 Å². The van der Waals surface area contributed by atoms with Crippen LogP contribution < -0.4 is 4.90 Å². The van der Waals surface area contributed by atoms with Crippen molar-refractivity contribution in [3.8, 4) is 0 Å². The lowest BCUT2D eigenvalue weighted by Crippen LogP contribution is -2.37. The lowest BCUT2D eigenvalue weighted by molar-refractivity contribution is 0.213. The molecule has 130 valence electrons. The Hall–Kier alpha value is -1.69. The summed E-state index contributed by atoms with van der Waals surface area (Å²) in [6, 6.07) is 3.04. The lowest BCUT2D eigenvalue weighted by atomic mass is 10.1. The highest BCUT2D eigenvalue weighted by molar-refractivity contribution is 5.68. The molecule has 0 aromatic carbocycles. The molecule has 0 amide bonds. The summed E-state index contributed by atoms with van der Waals surface area (Å²) < 4.78 is 1.84. The van der Waals surface area contributed by atoms with Crippen LogP contribution >= 0.6 is 0 Å². The van der Waals surface area contributed by atoms with Gasteiger partial charge < -0.3 is 4.90 Å². The maximum Gasteiger partial charge on any atom is 0.200 e. The molecular weight excluding hydrogens is 300 g/mol. The molecule has 1 aliphatic heterocycles. The van der Waals surface area contributed by atoms with E-state index in [1.54, 1.807) is 6.33 Å². The van der Waals surface area contributed by atoms with E-state index in [4.69, 9.17) is 0 Å². The quantitative estimate of drug-likeness (QED) is 0.867. The molecule has 1 saturated heterocycles. The largest absolute Gasteiger partial charge is 0.367 e. The van der Waals surface area contributed by atoms with Gasteiger partial charge in [0, 0.05) is 32.2 Å². The fraction of sp³-hybridized carbons (Fsp3) is 0.722. The van der Waals surface area contributed by atoms with Crippen LogP contribution in [0.25, 0.3) is 5.65 Å². The molecule has 0 spiro atoms. The second kappa shape index (κ2) is 6.67. The standard InChI is InChI=1S/C18H28N6/c1-14(2)16-12-17(18-20-19-13-24(18)21-16)23-9-5-8-22(10-11-23)15-6-3-4-7-15/h12-15H,3-11H2,1-2H3. The van der Waals surface area contributed by atoms with E-state index in [0.29, 0.717) is 5.92 Å². The monoisotopic (exact) mass is 328 g/mol. The number of anilines is 1. The van der Waals surface area contributed by atoms with E-state index in [-0.39, 0.29) is 0 Å². The van der Waals surface area contributed by atoms with E-state index in [9.17, 15) is 0 Å². The van der Waals surface area contributed by atoms with Gasteiger partial charge in [-0.2, -0.15) is 9.61 Å². The van der Waals surface area contributed by atoms with Crippen LogP contribution in [-0.2, 0) is 0 Å². The van der Waals surface area contributed by atoms with Crippen molar-refractivity contribution in [2.45, 2.75) is 57.9 Å². The summed E-state index contributed by atoms with van der Waals surface area (Å²) in [5, 5.41) is 13.0. The van der Waals surface area contributed by atoms with Crippen LogP contribution in [0.15, 0.2) is 12.4 Å². The first-order valence-corrected chi connectivity index (χ1v) is 9.42.